The number of hydrogen-bond acceptors (Lipinski definition) is 9. The second-order valence-corrected chi connectivity index (χ2v) is 19.2. The number of piperidine rings is 3. The van der Waals surface area contributed by atoms with E-state index in [9.17, 15) is 28.0 Å². The van der Waals surface area contributed by atoms with Gasteiger partial charge in [0.15, 0.2) is 5.82 Å². The number of anilines is 2. The van der Waals surface area contributed by atoms with Gasteiger partial charge in [0, 0.05) is 93.8 Å². The number of halogens is 2. The predicted molar refractivity (Wildman–Crippen MR) is 247 cm³/mol. The number of fused-ring (bicyclic) bond motifs is 3. The first-order valence-corrected chi connectivity index (χ1v) is 24.1. The maximum atomic E-state index is 14.7. The number of imide groups is 1. The first-order valence-electron chi connectivity index (χ1n) is 24.1. The van der Waals surface area contributed by atoms with Crippen LogP contribution in [0.1, 0.15) is 106 Å². The van der Waals surface area contributed by atoms with Gasteiger partial charge in [-0.25, -0.2) is 13.6 Å². The number of aryl methyl sites for hydroxylation is 2. The van der Waals surface area contributed by atoms with Gasteiger partial charge < -0.3 is 19.6 Å². The van der Waals surface area contributed by atoms with Gasteiger partial charge in [-0.05, 0) is 125 Å². The Labute approximate surface area is 383 Å². The monoisotopic (exact) mass is 905 g/mol. The number of rotatable bonds is 12. The summed E-state index contributed by atoms with van der Waals surface area (Å²) in [7, 11) is 1.79. The van der Waals surface area contributed by atoms with Crippen molar-refractivity contribution in [3.8, 4) is 11.1 Å². The van der Waals surface area contributed by atoms with Crippen molar-refractivity contribution in [2.24, 2.45) is 13.0 Å². The molecule has 2 aromatic carbocycles. The van der Waals surface area contributed by atoms with Crippen molar-refractivity contribution in [3.05, 3.63) is 81.7 Å². The molecule has 10 rings (SSSR count). The largest absolute Gasteiger partial charge is 0.338 e. The molecule has 3 aromatic heterocycles. The fourth-order valence-corrected chi connectivity index (χ4v) is 11.4. The number of aromatic nitrogens is 6. The molecule has 1 atom stereocenters. The molecule has 5 aliphatic heterocycles. The minimum atomic E-state index is -2.65. The van der Waals surface area contributed by atoms with Crippen LogP contribution >= 0.6 is 0 Å². The van der Waals surface area contributed by atoms with E-state index in [4.69, 9.17) is 5.10 Å². The number of para-hydroxylation sites is 2. The molecule has 8 heterocycles. The molecule has 3 saturated heterocycles. The van der Waals surface area contributed by atoms with E-state index in [-0.39, 0.29) is 35.5 Å². The smallest absolute Gasteiger partial charge is 0.329 e. The highest BCUT2D eigenvalue weighted by molar-refractivity contribution is 6.00. The van der Waals surface area contributed by atoms with E-state index in [2.05, 4.69) is 29.8 Å². The van der Waals surface area contributed by atoms with E-state index in [1.165, 1.54) is 5.69 Å². The molecule has 1 unspecified atom stereocenters. The van der Waals surface area contributed by atoms with Crippen molar-refractivity contribution >= 4 is 40.3 Å². The zero-order chi connectivity index (χ0) is 45.6. The van der Waals surface area contributed by atoms with Crippen LogP contribution in [0.5, 0.6) is 0 Å². The van der Waals surface area contributed by atoms with Crippen LogP contribution in [-0.2, 0) is 47.4 Å². The van der Waals surface area contributed by atoms with Crippen LogP contribution in [0, 0.1) is 5.92 Å². The molecule has 0 bridgehead atoms. The van der Waals surface area contributed by atoms with Crippen LogP contribution in [0.4, 0.5) is 20.3 Å². The molecule has 0 saturated carbocycles. The summed E-state index contributed by atoms with van der Waals surface area (Å²) in [5.74, 6) is 0.490. The summed E-state index contributed by atoms with van der Waals surface area (Å²) in [4.78, 5) is 60.2. The average Bonchev–Trinajstić information content (AvgIpc) is 4.01. The van der Waals surface area contributed by atoms with Gasteiger partial charge in [0.2, 0.25) is 17.7 Å². The lowest BCUT2D eigenvalue weighted by atomic mass is 9.92. The Hall–Kier alpha value is -5.68. The second-order valence-electron chi connectivity index (χ2n) is 19.2. The number of nitrogens with zero attached hydrogens (tertiary/aromatic N) is 10. The number of nitrogens with one attached hydrogen (secondary N) is 1. The third kappa shape index (κ3) is 8.59. The highest BCUT2D eigenvalue weighted by atomic mass is 19.3. The first kappa shape index (κ1) is 44.2. The number of carbonyl (C=O) groups is 3. The van der Waals surface area contributed by atoms with Crippen LogP contribution in [0.15, 0.2) is 53.6 Å². The van der Waals surface area contributed by atoms with Gasteiger partial charge in [-0.3, -0.25) is 38.2 Å². The third-order valence-electron chi connectivity index (χ3n) is 15.0. The number of unbranched alkanes of at least 4 members (excludes halogenated alkanes) is 1. The summed E-state index contributed by atoms with van der Waals surface area (Å²) in [5, 5.41) is 12.0. The Bertz CT molecular complexity index is 2690. The Balaban J connectivity index is 0.743. The second kappa shape index (κ2) is 18.5. The summed E-state index contributed by atoms with van der Waals surface area (Å²) in [5.41, 5.74) is 6.59. The van der Waals surface area contributed by atoms with Crippen LogP contribution in [0.2, 0.25) is 0 Å². The quantitative estimate of drug-likeness (QED) is 0.116. The number of carbonyl (C=O) groups excluding carboxylic acids is 3. The van der Waals surface area contributed by atoms with Gasteiger partial charge in [-0.2, -0.15) is 10.2 Å². The fourth-order valence-electron chi connectivity index (χ4n) is 11.4. The van der Waals surface area contributed by atoms with E-state index in [1.807, 2.05) is 39.8 Å². The van der Waals surface area contributed by atoms with Crippen molar-refractivity contribution in [3.63, 3.8) is 0 Å². The molecule has 350 valence electrons. The topological polar surface area (TPSA) is 139 Å². The molecule has 17 heteroatoms. The van der Waals surface area contributed by atoms with Crippen LogP contribution in [0.25, 0.3) is 22.2 Å². The minimum absolute atomic E-state index is 0.00866. The summed E-state index contributed by atoms with van der Waals surface area (Å²) >= 11 is 0. The highest BCUT2D eigenvalue weighted by Gasteiger charge is 2.36. The fraction of sp³-hybridized carbons (Fsp3) is 0.551. The van der Waals surface area contributed by atoms with E-state index in [0.29, 0.717) is 49.6 Å². The van der Waals surface area contributed by atoms with Gasteiger partial charge in [-0.1, -0.05) is 12.1 Å². The minimum Gasteiger partial charge on any atom is -0.338 e. The lowest BCUT2D eigenvalue weighted by molar-refractivity contribution is -0.135. The average molecular weight is 906 g/mol. The molecule has 3 fully saturated rings. The van der Waals surface area contributed by atoms with Crippen LogP contribution < -0.4 is 15.9 Å². The third-order valence-corrected chi connectivity index (χ3v) is 15.0. The number of hydrogen-bond donors (Lipinski definition) is 1. The molecule has 0 radical (unpaired) electrons. The lowest BCUT2D eigenvalue weighted by Gasteiger charge is -2.34. The first-order chi connectivity index (χ1) is 32.0. The van der Waals surface area contributed by atoms with Crippen molar-refractivity contribution in [1.29, 1.82) is 0 Å². The Morgan fingerprint density at radius 1 is 0.879 bits per heavy atom. The molecule has 0 aliphatic carbocycles. The summed E-state index contributed by atoms with van der Waals surface area (Å²) in [6.07, 6.45) is 9.93. The maximum absolute atomic E-state index is 14.7. The Morgan fingerprint density at radius 3 is 2.29 bits per heavy atom. The Morgan fingerprint density at radius 2 is 1.61 bits per heavy atom. The molecule has 5 aromatic rings. The zero-order valence-corrected chi connectivity index (χ0v) is 38.1. The van der Waals surface area contributed by atoms with E-state index in [1.54, 1.807) is 41.7 Å². The molecule has 0 spiro atoms. The molecule has 66 heavy (non-hydrogen) atoms. The SMILES string of the molecule is CC(=O)N1CCc2c(c(N3CCCc4cc(-c5cnn(C)c5)c(C(F)F)cc43)nn2C2CCN(CCCCN3CCC(Cn4c(=O)n(C5CCC(=O)NC5=O)c5ccccc54)CC3)CC2)C1. The number of amides is 3. The van der Waals surface area contributed by atoms with Crippen molar-refractivity contribution in [2.75, 3.05) is 57.3 Å². The standard InChI is InChI=1S/C49H61F2N11O4/c1-32(63)58-25-17-40-39(31-58)47(59-20-7-8-34-26-37(35-28-52-55(2)30-35)38(46(50)51)27-44(34)59)54-62(40)36-15-23-57(24-16-36)19-6-5-18-56-21-13-33(14-22-56)29-60-41-9-3-4-10-42(41)61(49(60)66)43-11-12-45(64)53-48(43)65/h3-4,9-10,26-28,30,33,36,43,46H,5-8,11-25,29,31H2,1-2H3,(H,53,64,65). The molecule has 1 N–H and O–H groups in total. The van der Waals surface area contributed by atoms with Gasteiger partial charge in [0.1, 0.15) is 6.04 Å². The van der Waals surface area contributed by atoms with Crippen LogP contribution in [-0.4, -0.2) is 113 Å². The van der Waals surface area contributed by atoms with Gasteiger partial charge in [0.25, 0.3) is 6.43 Å². The summed E-state index contributed by atoms with van der Waals surface area (Å²) in [6, 6.07) is 10.8. The molecule has 3 amide bonds. The van der Waals surface area contributed by atoms with Crippen molar-refractivity contribution < 1.29 is 23.2 Å². The molecule has 15 nitrogen and oxygen atoms in total. The van der Waals surface area contributed by atoms with E-state index in [0.717, 1.165) is 131 Å². The van der Waals surface area contributed by atoms with Gasteiger partial charge in [0.05, 0.1) is 29.8 Å². The van der Waals surface area contributed by atoms with E-state index < -0.39 is 18.4 Å². The summed E-state index contributed by atoms with van der Waals surface area (Å²) in [6.45, 7) is 10.1. The number of likely N-dealkylation sites (tertiary alicyclic amines) is 2. The number of imidazole rings is 1. The number of benzene rings is 2. The Kier molecular flexibility index (Phi) is 12.4. The van der Waals surface area contributed by atoms with Crippen LogP contribution in [0.3, 0.4) is 0 Å². The molecular weight excluding hydrogens is 845 g/mol. The van der Waals surface area contributed by atoms with E-state index >= 15 is 0 Å². The predicted octanol–water partition coefficient (Wildman–Crippen LogP) is 6.13. The van der Waals surface area contributed by atoms with Crippen molar-refractivity contribution in [1.82, 2.24) is 48.7 Å². The van der Waals surface area contributed by atoms with Gasteiger partial charge >= 0.3 is 5.69 Å². The molecular formula is C49H61F2N11O4. The summed E-state index contributed by atoms with van der Waals surface area (Å²) < 4.78 is 36.8. The highest BCUT2D eigenvalue weighted by Crippen LogP contribution is 2.44. The maximum Gasteiger partial charge on any atom is 0.329 e. The lowest BCUT2D eigenvalue weighted by Crippen LogP contribution is -2.44. The van der Waals surface area contributed by atoms with Crippen molar-refractivity contribution in [2.45, 2.75) is 109 Å². The number of alkyl halides is 2. The van der Waals surface area contributed by atoms with Gasteiger partial charge in [-0.15, -0.1) is 0 Å². The zero-order valence-electron chi connectivity index (χ0n) is 38.1. The molecule has 5 aliphatic rings. The normalized spacial score (nSPS) is 20.3.